The Morgan fingerprint density at radius 3 is 2.70 bits per heavy atom. The molecule has 3 aromatic rings. The number of nitrogens with one attached hydrogen (secondary N) is 2. The fourth-order valence-corrected chi connectivity index (χ4v) is 2.73. The van der Waals surface area contributed by atoms with Gasteiger partial charge >= 0.3 is 0 Å². The average Bonchev–Trinajstić information content (AvgIpc) is 3.10. The molecule has 3 rings (SSSR count). The highest BCUT2D eigenvalue weighted by Crippen LogP contribution is 2.29. The van der Waals surface area contributed by atoms with Crippen LogP contribution in [0.15, 0.2) is 54.9 Å². The molecular weight excluding hydrogens is 367 g/mol. The zero-order chi connectivity index (χ0) is 19.2. The molecule has 2 aromatic carbocycles. The summed E-state index contributed by atoms with van der Waals surface area (Å²) in [6.07, 6.45) is 3.38. The SMILES string of the molecule is COc1ccc(NC(=S)Nc2cnn(Cc3ccccc3F)c2)c(OC)c1. The van der Waals surface area contributed by atoms with Crippen LogP contribution in [0.1, 0.15) is 5.56 Å². The largest absolute Gasteiger partial charge is 0.497 e. The monoisotopic (exact) mass is 386 g/mol. The van der Waals surface area contributed by atoms with Crippen LogP contribution in [0.25, 0.3) is 0 Å². The molecule has 27 heavy (non-hydrogen) atoms. The van der Waals surface area contributed by atoms with Gasteiger partial charge < -0.3 is 20.1 Å². The fraction of sp³-hybridized carbons (Fsp3) is 0.158. The van der Waals surface area contributed by atoms with Gasteiger partial charge in [0.2, 0.25) is 0 Å². The summed E-state index contributed by atoms with van der Waals surface area (Å²) < 4.78 is 25.9. The third-order valence-corrected chi connectivity index (χ3v) is 4.04. The van der Waals surface area contributed by atoms with Gasteiger partial charge in [-0.2, -0.15) is 5.10 Å². The minimum Gasteiger partial charge on any atom is -0.497 e. The third kappa shape index (κ3) is 4.73. The Bertz CT molecular complexity index is 945. The Morgan fingerprint density at radius 1 is 1.15 bits per heavy atom. The molecule has 0 bridgehead atoms. The lowest BCUT2D eigenvalue weighted by Crippen LogP contribution is -2.19. The Kier molecular flexibility index (Phi) is 5.87. The van der Waals surface area contributed by atoms with Gasteiger partial charge in [-0.3, -0.25) is 4.68 Å². The molecule has 6 nitrogen and oxygen atoms in total. The maximum atomic E-state index is 13.8. The number of hydrogen-bond acceptors (Lipinski definition) is 4. The van der Waals surface area contributed by atoms with Crippen molar-refractivity contribution >= 4 is 28.7 Å². The van der Waals surface area contributed by atoms with Crippen molar-refractivity contribution in [2.75, 3.05) is 24.9 Å². The number of thiocarbonyl (C=S) groups is 1. The summed E-state index contributed by atoms with van der Waals surface area (Å²) >= 11 is 5.34. The van der Waals surface area contributed by atoms with Crippen LogP contribution >= 0.6 is 12.2 Å². The van der Waals surface area contributed by atoms with Crippen molar-refractivity contribution in [3.05, 3.63) is 66.2 Å². The van der Waals surface area contributed by atoms with Gasteiger partial charge in [0.15, 0.2) is 5.11 Å². The molecule has 0 aliphatic rings. The third-order valence-electron chi connectivity index (χ3n) is 3.84. The fourth-order valence-electron chi connectivity index (χ4n) is 2.50. The molecule has 2 N–H and O–H groups in total. The van der Waals surface area contributed by atoms with E-state index < -0.39 is 0 Å². The molecule has 0 aliphatic carbocycles. The van der Waals surface area contributed by atoms with Crippen molar-refractivity contribution in [3.63, 3.8) is 0 Å². The van der Waals surface area contributed by atoms with Crippen molar-refractivity contribution < 1.29 is 13.9 Å². The standard InChI is InChI=1S/C19H19FN4O2S/c1-25-15-7-8-17(18(9-15)26-2)23-19(27)22-14-10-21-24(12-14)11-13-5-3-4-6-16(13)20/h3-10,12H,11H2,1-2H3,(H2,22,23,27). The molecule has 0 atom stereocenters. The van der Waals surface area contributed by atoms with Crippen LogP contribution in [0.3, 0.4) is 0 Å². The summed E-state index contributed by atoms with van der Waals surface area (Å²) in [5.41, 5.74) is 1.96. The number of rotatable bonds is 6. The van der Waals surface area contributed by atoms with Gasteiger partial charge in [0.1, 0.15) is 17.3 Å². The first-order valence-electron chi connectivity index (χ1n) is 8.15. The van der Waals surface area contributed by atoms with E-state index in [-0.39, 0.29) is 5.82 Å². The van der Waals surface area contributed by atoms with E-state index in [0.29, 0.717) is 40.1 Å². The number of benzene rings is 2. The zero-order valence-electron chi connectivity index (χ0n) is 14.9. The van der Waals surface area contributed by atoms with Crippen LogP contribution < -0.4 is 20.1 Å². The lowest BCUT2D eigenvalue weighted by Gasteiger charge is -2.13. The summed E-state index contributed by atoms with van der Waals surface area (Å²) in [6.45, 7) is 0.334. The van der Waals surface area contributed by atoms with E-state index in [4.69, 9.17) is 21.7 Å². The highest BCUT2D eigenvalue weighted by molar-refractivity contribution is 7.80. The second-order valence-corrected chi connectivity index (χ2v) is 6.07. The van der Waals surface area contributed by atoms with Gasteiger partial charge in [0, 0.05) is 17.8 Å². The van der Waals surface area contributed by atoms with Crippen molar-refractivity contribution in [1.29, 1.82) is 0 Å². The zero-order valence-corrected chi connectivity index (χ0v) is 15.7. The number of ether oxygens (including phenoxy) is 2. The number of nitrogens with zero attached hydrogens (tertiary/aromatic N) is 2. The summed E-state index contributed by atoms with van der Waals surface area (Å²) in [7, 11) is 3.16. The molecule has 0 saturated carbocycles. The van der Waals surface area contributed by atoms with E-state index in [0.717, 1.165) is 0 Å². The maximum absolute atomic E-state index is 13.8. The topological polar surface area (TPSA) is 60.3 Å². The van der Waals surface area contributed by atoms with Crippen LogP contribution in [0.5, 0.6) is 11.5 Å². The van der Waals surface area contributed by atoms with Crippen LogP contribution in [-0.2, 0) is 6.54 Å². The smallest absolute Gasteiger partial charge is 0.175 e. The van der Waals surface area contributed by atoms with Gasteiger partial charge in [-0.15, -0.1) is 0 Å². The van der Waals surface area contributed by atoms with E-state index >= 15 is 0 Å². The first kappa shape index (κ1) is 18.7. The van der Waals surface area contributed by atoms with Gasteiger partial charge in [0.05, 0.1) is 38.3 Å². The lowest BCUT2D eigenvalue weighted by molar-refractivity contribution is 0.395. The molecule has 0 fully saturated rings. The summed E-state index contributed by atoms with van der Waals surface area (Å²) in [5, 5.41) is 10.7. The van der Waals surface area contributed by atoms with Crippen molar-refractivity contribution in [1.82, 2.24) is 9.78 Å². The average molecular weight is 386 g/mol. The predicted molar refractivity (Wildman–Crippen MR) is 107 cm³/mol. The minimum absolute atomic E-state index is 0.258. The highest BCUT2D eigenvalue weighted by atomic mass is 32.1. The van der Waals surface area contributed by atoms with Crippen molar-refractivity contribution in [3.8, 4) is 11.5 Å². The molecule has 0 radical (unpaired) electrons. The molecule has 140 valence electrons. The first-order chi connectivity index (χ1) is 13.1. The van der Waals surface area contributed by atoms with E-state index in [1.807, 2.05) is 6.07 Å². The lowest BCUT2D eigenvalue weighted by atomic mass is 10.2. The number of methoxy groups -OCH3 is 2. The normalized spacial score (nSPS) is 10.3. The van der Waals surface area contributed by atoms with E-state index in [1.54, 1.807) is 61.6 Å². The van der Waals surface area contributed by atoms with Crippen LogP contribution in [-0.4, -0.2) is 29.1 Å². The summed E-state index contributed by atoms with van der Waals surface area (Å²) in [6, 6.07) is 12.0. The van der Waals surface area contributed by atoms with E-state index in [1.165, 1.54) is 6.07 Å². The van der Waals surface area contributed by atoms with E-state index in [2.05, 4.69) is 15.7 Å². The summed E-state index contributed by atoms with van der Waals surface area (Å²) in [4.78, 5) is 0. The molecule has 8 heteroatoms. The number of aromatic nitrogens is 2. The van der Waals surface area contributed by atoms with Gasteiger partial charge in [-0.25, -0.2) is 4.39 Å². The second-order valence-electron chi connectivity index (χ2n) is 5.66. The second kappa shape index (κ2) is 8.50. The van der Waals surface area contributed by atoms with Gasteiger partial charge in [-0.1, -0.05) is 18.2 Å². The predicted octanol–water partition coefficient (Wildman–Crippen LogP) is 3.90. The number of halogens is 1. The molecule has 0 amide bonds. The molecule has 0 spiro atoms. The molecule has 0 saturated heterocycles. The molecule has 1 heterocycles. The van der Waals surface area contributed by atoms with Crippen LogP contribution in [0.4, 0.5) is 15.8 Å². The molecule has 1 aromatic heterocycles. The Morgan fingerprint density at radius 2 is 1.96 bits per heavy atom. The van der Waals surface area contributed by atoms with Gasteiger partial charge in [0.25, 0.3) is 0 Å². The van der Waals surface area contributed by atoms with Gasteiger partial charge in [-0.05, 0) is 30.4 Å². The van der Waals surface area contributed by atoms with Crippen LogP contribution in [0, 0.1) is 5.82 Å². The molecule has 0 unspecified atom stereocenters. The van der Waals surface area contributed by atoms with E-state index in [9.17, 15) is 4.39 Å². The summed E-state index contributed by atoms with van der Waals surface area (Å²) in [5.74, 6) is 1.03. The number of hydrogen-bond donors (Lipinski definition) is 2. The Balaban J connectivity index is 1.64. The van der Waals surface area contributed by atoms with Crippen LogP contribution in [0.2, 0.25) is 0 Å². The Labute approximate surface area is 161 Å². The van der Waals surface area contributed by atoms with Crippen molar-refractivity contribution in [2.24, 2.45) is 0 Å². The van der Waals surface area contributed by atoms with Crippen molar-refractivity contribution in [2.45, 2.75) is 6.54 Å². The molecular formula is C19H19FN4O2S. The quantitative estimate of drug-likeness (QED) is 0.627. The molecule has 0 aliphatic heterocycles. The first-order valence-corrected chi connectivity index (χ1v) is 8.56. The minimum atomic E-state index is -0.258. The maximum Gasteiger partial charge on any atom is 0.175 e. The highest BCUT2D eigenvalue weighted by Gasteiger charge is 2.08. The Hall–Kier alpha value is -3.13. The number of anilines is 2.